The normalized spacial score (nSPS) is 22.2. The molecule has 0 aromatic heterocycles. The van der Waals surface area contributed by atoms with Crippen LogP contribution < -0.4 is 14.8 Å². The summed E-state index contributed by atoms with van der Waals surface area (Å²) in [6.07, 6.45) is 3.35. The van der Waals surface area contributed by atoms with E-state index in [2.05, 4.69) is 19.2 Å². The molecule has 1 aliphatic rings. The van der Waals surface area contributed by atoms with Crippen molar-refractivity contribution < 1.29 is 18.7 Å². The number of hydrogen-bond acceptors (Lipinski definition) is 3. The van der Waals surface area contributed by atoms with Crippen LogP contribution in [0.5, 0.6) is 11.5 Å². The van der Waals surface area contributed by atoms with Crippen LogP contribution in [0.1, 0.15) is 43.5 Å². The fourth-order valence-corrected chi connectivity index (χ4v) is 3.22. The summed E-state index contributed by atoms with van der Waals surface area (Å²) >= 11 is 0. The second-order valence-corrected chi connectivity index (χ2v) is 6.07. The van der Waals surface area contributed by atoms with Gasteiger partial charge in [0.05, 0.1) is 19.8 Å². The van der Waals surface area contributed by atoms with Crippen LogP contribution in [0, 0.1) is 17.7 Å². The number of carbonyl (C=O) groups excluding carboxylic acids is 1. The molecule has 0 radical (unpaired) electrons. The van der Waals surface area contributed by atoms with Crippen molar-refractivity contribution in [2.75, 3.05) is 14.2 Å². The van der Waals surface area contributed by atoms with E-state index in [9.17, 15) is 9.18 Å². The molecule has 2 atom stereocenters. The van der Waals surface area contributed by atoms with Gasteiger partial charge in [-0.1, -0.05) is 20.3 Å². The molecular formula is C17H24FNO3. The predicted octanol–water partition coefficient (Wildman–Crippen LogP) is 3.40. The van der Waals surface area contributed by atoms with E-state index < -0.39 is 11.7 Å². The highest BCUT2D eigenvalue weighted by atomic mass is 19.1. The van der Waals surface area contributed by atoms with Gasteiger partial charge in [0, 0.05) is 12.1 Å². The van der Waals surface area contributed by atoms with E-state index in [4.69, 9.17) is 9.47 Å². The molecular weight excluding hydrogens is 285 g/mol. The van der Waals surface area contributed by atoms with E-state index in [0.29, 0.717) is 17.6 Å². The molecule has 4 nitrogen and oxygen atoms in total. The number of benzene rings is 1. The molecule has 0 unspecified atom stereocenters. The Morgan fingerprint density at radius 2 is 1.68 bits per heavy atom. The molecule has 0 saturated heterocycles. The largest absolute Gasteiger partial charge is 0.493 e. The third kappa shape index (κ3) is 3.34. The zero-order chi connectivity index (χ0) is 16.3. The number of nitrogens with one attached hydrogen (secondary N) is 1. The van der Waals surface area contributed by atoms with Gasteiger partial charge in [0.1, 0.15) is 5.82 Å². The summed E-state index contributed by atoms with van der Waals surface area (Å²) in [5.74, 6) is 0.414. The van der Waals surface area contributed by atoms with Gasteiger partial charge >= 0.3 is 0 Å². The number of rotatable bonds is 4. The zero-order valence-electron chi connectivity index (χ0n) is 13.6. The highest BCUT2D eigenvalue weighted by Gasteiger charge is 2.30. The summed E-state index contributed by atoms with van der Waals surface area (Å²) < 4.78 is 24.3. The Labute approximate surface area is 131 Å². The molecule has 1 N–H and O–H groups in total. The fourth-order valence-electron chi connectivity index (χ4n) is 3.22. The Kier molecular flexibility index (Phi) is 5.27. The number of hydrogen-bond donors (Lipinski definition) is 1. The summed E-state index contributed by atoms with van der Waals surface area (Å²) in [4.78, 5) is 12.4. The smallest absolute Gasteiger partial charge is 0.254 e. The lowest BCUT2D eigenvalue weighted by molar-refractivity contribution is 0.0876. The quantitative estimate of drug-likeness (QED) is 0.927. The van der Waals surface area contributed by atoms with Gasteiger partial charge in [-0.3, -0.25) is 4.79 Å². The Morgan fingerprint density at radius 3 is 2.23 bits per heavy atom. The first-order chi connectivity index (χ1) is 10.5. The first-order valence-corrected chi connectivity index (χ1v) is 7.70. The average Bonchev–Trinajstić information content (AvgIpc) is 2.50. The van der Waals surface area contributed by atoms with Gasteiger partial charge in [-0.25, -0.2) is 4.39 Å². The standard InChI is InChI=1S/C17H24FNO3/c1-10-6-5-7-11(2)16(10)19-17(20)12-8-14(21-3)15(22-4)9-13(12)18/h8-11,16H,5-7H2,1-4H3,(H,19,20)/t10-,11-/m1/s1. The monoisotopic (exact) mass is 309 g/mol. The second-order valence-electron chi connectivity index (χ2n) is 6.07. The summed E-state index contributed by atoms with van der Waals surface area (Å²) in [5, 5.41) is 2.99. The molecule has 2 rings (SSSR count). The van der Waals surface area contributed by atoms with Crippen molar-refractivity contribution in [1.82, 2.24) is 5.32 Å². The highest BCUT2D eigenvalue weighted by Crippen LogP contribution is 2.31. The molecule has 1 aliphatic carbocycles. The van der Waals surface area contributed by atoms with Gasteiger partial charge in [0.15, 0.2) is 11.5 Å². The van der Waals surface area contributed by atoms with Crippen molar-refractivity contribution in [3.63, 3.8) is 0 Å². The minimum atomic E-state index is -0.605. The minimum Gasteiger partial charge on any atom is -0.493 e. The Hall–Kier alpha value is -1.78. The molecule has 1 aromatic carbocycles. The first-order valence-electron chi connectivity index (χ1n) is 7.70. The van der Waals surface area contributed by atoms with Crippen LogP contribution in [0.15, 0.2) is 12.1 Å². The maximum absolute atomic E-state index is 14.2. The number of amides is 1. The van der Waals surface area contributed by atoms with Gasteiger partial charge in [-0.05, 0) is 30.7 Å². The van der Waals surface area contributed by atoms with E-state index in [1.807, 2.05) is 0 Å². The molecule has 0 aliphatic heterocycles. The van der Waals surface area contributed by atoms with Crippen LogP contribution >= 0.6 is 0 Å². The van der Waals surface area contributed by atoms with E-state index in [-0.39, 0.29) is 17.4 Å². The lowest BCUT2D eigenvalue weighted by Gasteiger charge is -2.35. The third-order valence-corrected chi connectivity index (χ3v) is 4.56. The maximum atomic E-state index is 14.2. The summed E-state index contributed by atoms with van der Waals surface area (Å²) in [7, 11) is 2.89. The first kappa shape index (κ1) is 16.6. The van der Waals surface area contributed by atoms with Crippen LogP contribution in [0.3, 0.4) is 0 Å². The van der Waals surface area contributed by atoms with Crippen molar-refractivity contribution in [1.29, 1.82) is 0 Å². The molecule has 22 heavy (non-hydrogen) atoms. The topological polar surface area (TPSA) is 47.6 Å². The van der Waals surface area contributed by atoms with Crippen LogP contribution in [0.4, 0.5) is 4.39 Å². The van der Waals surface area contributed by atoms with Crippen LogP contribution in [0.2, 0.25) is 0 Å². The van der Waals surface area contributed by atoms with Crippen LogP contribution in [-0.4, -0.2) is 26.2 Å². The third-order valence-electron chi connectivity index (χ3n) is 4.56. The van der Waals surface area contributed by atoms with E-state index >= 15 is 0 Å². The van der Waals surface area contributed by atoms with Gasteiger partial charge in [-0.15, -0.1) is 0 Å². The van der Waals surface area contributed by atoms with E-state index in [0.717, 1.165) is 12.8 Å². The lowest BCUT2D eigenvalue weighted by Crippen LogP contribution is -2.46. The maximum Gasteiger partial charge on any atom is 0.254 e. The summed E-state index contributed by atoms with van der Waals surface area (Å²) in [6, 6.07) is 2.65. The molecule has 1 amide bonds. The fraction of sp³-hybridized carbons (Fsp3) is 0.588. The van der Waals surface area contributed by atoms with Crippen molar-refractivity contribution in [3.05, 3.63) is 23.5 Å². The lowest BCUT2D eigenvalue weighted by atomic mass is 9.78. The Morgan fingerprint density at radius 1 is 1.14 bits per heavy atom. The molecule has 0 bridgehead atoms. The molecule has 0 heterocycles. The van der Waals surface area contributed by atoms with Crippen LogP contribution in [0.25, 0.3) is 0 Å². The minimum absolute atomic E-state index is 0.0115. The van der Waals surface area contributed by atoms with E-state index in [1.165, 1.54) is 32.8 Å². The van der Waals surface area contributed by atoms with Crippen LogP contribution in [-0.2, 0) is 0 Å². The number of ether oxygens (including phenoxy) is 2. The van der Waals surface area contributed by atoms with Gasteiger partial charge in [0.2, 0.25) is 0 Å². The number of carbonyl (C=O) groups is 1. The van der Waals surface area contributed by atoms with Crippen molar-refractivity contribution >= 4 is 5.91 Å². The SMILES string of the molecule is COc1cc(F)c(C(=O)NC2[C@H](C)CCC[C@H]2C)cc1OC. The average molecular weight is 309 g/mol. The molecule has 1 fully saturated rings. The number of halogens is 1. The molecule has 122 valence electrons. The highest BCUT2D eigenvalue weighted by molar-refractivity contribution is 5.95. The Bertz CT molecular complexity index is 537. The second kappa shape index (κ2) is 6.99. The zero-order valence-corrected chi connectivity index (χ0v) is 13.6. The number of methoxy groups -OCH3 is 2. The van der Waals surface area contributed by atoms with Gasteiger partial charge in [-0.2, -0.15) is 0 Å². The Balaban J connectivity index is 2.22. The molecule has 1 saturated carbocycles. The van der Waals surface area contributed by atoms with Crippen molar-refractivity contribution in [2.45, 2.75) is 39.2 Å². The molecule has 5 heteroatoms. The van der Waals surface area contributed by atoms with Gasteiger partial charge < -0.3 is 14.8 Å². The summed E-state index contributed by atoms with van der Waals surface area (Å²) in [5.41, 5.74) is -0.0115. The van der Waals surface area contributed by atoms with E-state index in [1.54, 1.807) is 0 Å². The van der Waals surface area contributed by atoms with Crippen molar-refractivity contribution in [3.8, 4) is 11.5 Å². The van der Waals surface area contributed by atoms with Crippen molar-refractivity contribution in [2.24, 2.45) is 11.8 Å². The molecule has 0 spiro atoms. The molecule has 1 aromatic rings. The summed E-state index contributed by atoms with van der Waals surface area (Å²) in [6.45, 7) is 4.26. The predicted molar refractivity (Wildman–Crippen MR) is 82.9 cm³/mol. The van der Waals surface area contributed by atoms with Gasteiger partial charge in [0.25, 0.3) is 5.91 Å².